The summed E-state index contributed by atoms with van der Waals surface area (Å²) in [5.41, 5.74) is 0.936. The quantitative estimate of drug-likeness (QED) is 0.651. The van der Waals surface area contributed by atoms with E-state index in [2.05, 4.69) is 0 Å². The third-order valence-corrected chi connectivity index (χ3v) is 3.32. The molecule has 1 aliphatic carbocycles. The minimum absolute atomic E-state index is 0.0148. The maximum Gasteiger partial charge on any atom is 0.202 e. The molecule has 0 aromatic heterocycles. The molecule has 0 atom stereocenters. The Morgan fingerprint density at radius 3 is 2.12 bits per heavy atom. The van der Waals surface area contributed by atoms with Gasteiger partial charge in [-0.2, -0.15) is 0 Å². The minimum Gasteiger partial charge on any atom is -0.368 e. The zero-order valence-electron chi connectivity index (χ0n) is 10.7. The third kappa shape index (κ3) is 2.33. The number of likely N-dealkylation sites (tertiary alicyclic amines) is 1. The SMILES string of the molecule is CC(C)(C)C1=CC(=O)C(N2CCCC2)=CC1=O. The third-order valence-electron chi connectivity index (χ3n) is 3.32. The predicted octanol–water partition coefficient (Wildman–Crippen LogP) is 2.09. The van der Waals surface area contributed by atoms with E-state index >= 15 is 0 Å². The fraction of sp³-hybridized carbons (Fsp3) is 0.571. The van der Waals surface area contributed by atoms with Crippen LogP contribution in [-0.2, 0) is 9.59 Å². The lowest BCUT2D eigenvalue weighted by Crippen LogP contribution is -2.30. The first kappa shape index (κ1) is 12.1. The molecule has 2 aliphatic rings. The maximum absolute atomic E-state index is 12.0. The molecule has 0 amide bonds. The van der Waals surface area contributed by atoms with Gasteiger partial charge >= 0.3 is 0 Å². The molecule has 2 rings (SSSR count). The van der Waals surface area contributed by atoms with Crippen molar-refractivity contribution in [2.75, 3.05) is 13.1 Å². The molecule has 1 saturated heterocycles. The van der Waals surface area contributed by atoms with Gasteiger partial charge in [-0.25, -0.2) is 0 Å². The van der Waals surface area contributed by atoms with Crippen LogP contribution in [0.1, 0.15) is 33.6 Å². The Kier molecular flexibility index (Phi) is 2.94. The molecule has 0 bridgehead atoms. The van der Waals surface area contributed by atoms with Gasteiger partial charge in [0.05, 0.1) is 5.70 Å². The molecule has 0 aromatic carbocycles. The standard InChI is InChI=1S/C14H19NO2/c1-14(2,3)10-8-13(17)11(9-12(10)16)15-6-4-5-7-15/h8-9H,4-7H2,1-3H3. The molecule has 1 heterocycles. The number of ketones is 2. The smallest absolute Gasteiger partial charge is 0.202 e. The van der Waals surface area contributed by atoms with E-state index < -0.39 is 0 Å². The predicted molar refractivity (Wildman–Crippen MR) is 66.4 cm³/mol. The van der Waals surface area contributed by atoms with E-state index in [9.17, 15) is 9.59 Å². The second-order valence-electron chi connectivity index (χ2n) is 5.76. The van der Waals surface area contributed by atoms with Gasteiger partial charge in [0.1, 0.15) is 0 Å². The van der Waals surface area contributed by atoms with E-state index in [0.717, 1.165) is 25.9 Å². The summed E-state index contributed by atoms with van der Waals surface area (Å²) < 4.78 is 0. The fourth-order valence-corrected chi connectivity index (χ4v) is 2.34. The number of hydrogen-bond acceptors (Lipinski definition) is 3. The molecule has 3 nitrogen and oxygen atoms in total. The van der Waals surface area contributed by atoms with Crippen LogP contribution in [0.2, 0.25) is 0 Å². The first-order chi connectivity index (χ1) is 7.89. The summed E-state index contributed by atoms with van der Waals surface area (Å²) in [7, 11) is 0. The monoisotopic (exact) mass is 233 g/mol. The normalized spacial score (nSPS) is 21.7. The number of carbonyl (C=O) groups is 2. The van der Waals surface area contributed by atoms with Crippen LogP contribution in [0.25, 0.3) is 0 Å². The first-order valence-corrected chi connectivity index (χ1v) is 6.17. The summed E-state index contributed by atoms with van der Waals surface area (Å²) in [6.45, 7) is 7.66. The van der Waals surface area contributed by atoms with Gasteiger partial charge in [0.2, 0.25) is 5.78 Å². The molecule has 17 heavy (non-hydrogen) atoms. The van der Waals surface area contributed by atoms with Crippen molar-refractivity contribution >= 4 is 11.6 Å². The van der Waals surface area contributed by atoms with Crippen LogP contribution in [0, 0.1) is 5.41 Å². The summed E-state index contributed by atoms with van der Waals surface area (Å²) in [6, 6.07) is 0. The molecule has 0 saturated carbocycles. The first-order valence-electron chi connectivity index (χ1n) is 6.17. The van der Waals surface area contributed by atoms with Crippen molar-refractivity contribution in [3.63, 3.8) is 0 Å². The van der Waals surface area contributed by atoms with Crippen molar-refractivity contribution in [1.82, 2.24) is 4.90 Å². The Labute approximate surface area is 102 Å². The van der Waals surface area contributed by atoms with E-state index in [1.165, 1.54) is 12.2 Å². The van der Waals surface area contributed by atoms with Crippen LogP contribution in [0.5, 0.6) is 0 Å². The highest BCUT2D eigenvalue weighted by atomic mass is 16.1. The Hall–Kier alpha value is -1.38. The zero-order chi connectivity index (χ0) is 12.6. The van der Waals surface area contributed by atoms with Gasteiger partial charge in [-0.15, -0.1) is 0 Å². The van der Waals surface area contributed by atoms with Gasteiger partial charge in [-0.3, -0.25) is 9.59 Å². The summed E-state index contributed by atoms with van der Waals surface area (Å²) in [6.07, 6.45) is 5.26. The summed E-state index contributed by atoms with van der Waals surface area (Å²) in [4.78, 5) is 26.1. The van der Waals surface area contributed by atoms with Crippen LogP contribution in [0.15, 0.2) is 23.4 Å². The van der Waals surface area contributed by atoms with Crippen molar-refractivity contribution in [1.29, 1.82) is 0 Å². The molecule has 0 radical (unpaired) electrons. The second-order valence-corrected chi connectivity index (χ2v) is 5.76. The Morgan fingerprint density at radius 1 is 1.00 bits per heavy atom. The van der Waals surface area contributed by atoms with Crippen LogP contribution in [-0.4, -0.2) is 29.6 Å². The molecule has 92 valence electrons. The molecule has 1 fully saturated rings. The van der Waals surface area contributed by atoms with E-state index in [0.29, 0.717) is 11.3 Å². The lowest BCUT2D eigenvalue weighted by Gasteiger charge is -2.27. The zero-order valence-corrected chi connectivity index (χ0v) is 10.7. The van der Waals surface area contributed by atoms with Crippen LogP contribution >= 0.6 is 0 Å². The molecule has 3 heteroatoms. The number of carbonyl (C=O) groups excluding carboxylic acids is 2. The topological polar surface area (TPSA) is 37.4 Å². The van der Waals surface area contributed by atoms with Crippen LogP contribution in [0.4, 0.5) is 0 Å². The summed E-state index contributed by atoms with van der Waals surface area (Å²) in [5.74, 6) is -0.0320. The van der Waals surface area contributed by atoms with Crippen molar-refractivity contribution < 1.29 is 9.59 Å². The lowest BCUT2D eigenvalue weighted by molar-refractivity contribution is -0.116. The molecular formula is C14H19NO2. The highest BCUT2D eigenvalue weighted by molar-refractivity contribution is 6.20. The van der Waals surface area contributed by atoms with Gasteiger partial charge in [0.15, 0.2) is 5.78 Å². The minimum atomic E-state index is -0.264. The Morgan fingerprint density at radius 2 is 1.59 bits per heavy atom. The van der Waals surface area contributed by atoms with Crippen LogP contribution < -0.4 is 0 Å². The van der Waals surface area contributed by atoms with Gasteiger partial charge in [-0.05, 0) is 24.3 Å². The van der Waals surface area contributed by atoms with Gasteiger partial charge in [0, 0.05) is 24.7 Å². The molecule has 1 aliphatic heterocycles. The van der Waals surface area contributed by atoms with Gasteiger partial charge < -0.3 is 4.90 Å². The van der Waals surface area contributed by atoms with E-state index in [-0.39, 0.29) is 17.0 Å². The largest absolute Gasteiger partial charge is 0.368 e. The second kappa shape index (κ2) is 4.13. The Balaban J connectivity index is 2.26. The van der Waals surface area contributed by atoms with Crippen LogP contribution in [0.3, 0.4) is 0 Å². The van der Waals surface area contributed by atoms with Crippen molar-refractivity contribution in [3.05, 3.63) is 23.4 Å². The summed E-state index contributed by atoms with van der Waals surface area (Å²) >= 11 is 0. The summed E-state index contributed by atoms with van der Waals surface area (Å²) in [5, 5.41) is 0. The number of hydrogen-bond donors (Lipinski definition) is 0. The van der Waals surface area contributed by atoms with E-state index in [4.69, 9.17) is 0 Å². The highest BCUT2D eigenvalue weighted by Gasteiger charge is 2.31. The Bertz CT molecular complexity index is 418. The molecule has 0 aromatic rings. The highest BCUT2D eigenvalue weighted by Crippen LogP contribution is 2.30. The van der Waals surface area contributed by atoms with Gasteiger partial charge in [0.25, 0.3) is 0 Å². The molecular weight excluding hydrogens is 214 g/mol. The fourth-order valence-electron chi connectivity index (χ4n) is 2.34. The van der Waals surface area contributed by atoms with Crippen molar-refractivity contribution in [2.45, 2.75) is 33.6 Å². The lowest BCUT2D eigenvalue weighted by atomic mass is 9.80. The molecule has 0 N–H and O–H groups in total. The molecule has 0 unspecified atom stereocenters. The maximum atomic E-state index is 12.0. The molecule has 0 spiro atoms. The van der Waals surface area contributed by atoms with E-state index in [1.54, 1.807) is 0 Å². The number of nitrogens with zero attached hydrogens (tertiary/aromatic N) is 1. The number of allylic oxidation sites excluding steroid dienone is 3. The number of rotatable bonds is 1. The van der Waals surface area contributed by atoms with Crippen molar-refractivity contribution in [3.8, 4) is 0 Å². The average molecular weight is 233 g/mol. The average Bonchev–Trinajstić information content (AvgIpc) is 2.72. The van der Waals surface area contributed by atoms with E-state index in [1.807, 2.05) is 25.7 Å². The van der Waals surface area contributed by atoms with Crippen molar-refractivity contribution in [2.24, 2.45) is 5.41 Å². The van der Waals surface area contributed by atoms with Gasteiger partial charge in [-0.1, -0.05) is 20.8 Å².